The molecule has 1 aromatic heterocycles. The second-order valence-electron chi connectivity index (χ2n) is 5.67. The van der Waals surface area contributed by atoms with Crippen LogP contribution in [0.25, 0.3) is 0 Å². The predicted octanol–water partition coefficient (Wildman–Crippen LogP) is 1.82. The summed E-state index contributed by atoms with van der Waals surface area (Å²) in [6.45, 7) is -0.159. The van der Waals surface area contributed by atoms with Gasteiger partial charge in [-0.3, -0.25) is 9.59 Å². The molecular weight excluding hydrogens is 306 g/mol. The standard InChI is InChI=1S/C18H17N3O3/c19-10-12-4-1-2-7-16(12)24-11-18(23)21-15-6-3-5-14-13(15)8-9-17(22)20-14/h1-2,4,7-9,15H,3,5-6,11H2,(H,20,22)(H,21,23)/t15-/m0/s1. The highest BCUT2D eigenvalue weighted by Gasteiger charge is 2.22. The Balaban J connectivity index is 1.64. The van der Waals surface area contributed by atoms with Crippen molar-refractivity contribution in [3.8, 4) is 11.8 Å². The van der Waals surface area contributed by atoms with Gasteiger partial charge in [-0.2, -0.15) is 5.26 Å². The van der Waals surface area contributed by atoms with Crippen molar-refractivity contribution in [1.29, 1.82) is 5.26 Å². The number of fused-ring (bicyclic) bond motifs is 1. The van der Waals surface area contributed by atoms with Gasteiger partial charge in [0.2, 0.25) is 5.56 Å². The molecule has 1 atom stereocenters. The van der Waals surface area contributed by atoms with Gasteiger partial charge in [0.1, 0.15) is 11.8 Å². The van der Waals surface area contributed by atoms with Crippen LogP contribution in [-0.2, 0) is 11.2 Å². The van der Waals surface area contributed by atoms with Crippen molar-refractivity contribution in [1.82, 2.24) is 10.3 Å². The molecule has 0 fully saturated rings. The van der Waals surface area contributed by atoms with E-state index in [4.69, 9.17) is 10.00 Å². The topological polar surface area (TPSA) is 95.0 Å². The van der Waals surface area contributed by atoms with E-state index in [1.165, 1.54) is 6.07 Å². The number of aryl methyl sites for hydroxylation is 1. The summed E-state index contributed by atoms with van der Waals surface area (Å²) in [6, 6.07) is 11.9. The first-order valence-corrected chi connectivity index (χ1v) is 7.81. The summed E-state index contributed by atoms with van der Waals surface area (Å²) in [5, 5.41) is 12.0. The molecule has 24 heavy (non-hydrogen) atoms. The number of ether oxygens (including phenoxy) is 1. The number of rotatable bonds is 4. The molecule has 0 saturated heterocycles. The molecule has 1 aliphatic rings. The molecule has 2 aromatic rings. The van der Waals surface area contributed by atoms with E-state index in [1.54, 1.807) is 30.3 Å². The van der Waals surface area contributed by atoms with Gasteiger partial charge in [-0.25, -0.2) is 0 Å². The quantitative estimate of drug-likeness (QED) is 0.897. The van der Waals surface area contributed by atoms with Crippen molar-refractivity contribution in [3.05, 3.63) is 63.6 Å². The highest BCUT2D eigenvalue weighted by atomic mass is 16.5. The van der Waals surface area contributed by atoms with Gasteiger partial charge in [-0.1, -0.05) is 12.1 Å². The van der Waals surface area contributed by atoms with Crippen LogP contribution >= 0.6 is 0 Å². The van der Waals surface area contributed by atoms with Gasteiger partial charge in [0.05, 0.1) is 11.6 Å². The number of hydrogen-bond donors (Lipinski definition) is 2. The fourth-order valence-electron chi connectivity index (χ4n) is 2.91. The zero-order valence-electron chi connectivity index (χ0n) is 13.0. The van der Waals surface area contributed by atoms with E-state index in [0.717, 1.165) is 30.5 Å². The number of carbonyl (C=O) groups is 1. The maximum atomic E-state index is 12.2. The number of nitriles is 1. The summed E-state index contributed by atoms with van der Waals surface area (Å²) >= 11 is 0. The van der Waals surface area contributed by atoms with Gasteiger partial charge in [0.25, 0.3) is 5.91 Å². The molecule has 0 spiro atoms. The Kier molecular flexibility index (Phi) is 4.62. The highest BCUT2D eigenvalue weighted by molar-refractivity contribution is 5.78. The highest BCUT2D eigenvalue weighted by Crippen LogP contribution is 2.27. The number of para-hydroxylation sites is 1. The van der Waals surface area contributed by atoms with Crippen LogP contribution in [0.1, 0.15) is 35.7 Å². The minimum atomic E-state index is -0.258. The van der Waals surface area contributed by atoms with Crippen molar-refractivity contribution in [3.63, 3.8) is 0 Å². The maximum absolute atomic E-state index is 12.2. The molecule has 6 nitrogen and oxygen atoms in total. The zero-order valence-corrected chi connectivity index (χ0v) is 13.0. The van der Waals surface area contributed by atoms with Crippen molar-refractivity contribution in [2.45, 2.75) is 25.3 Å². The third-order valence-electron chi connectivity index (χ3n) is 4.03. The SMILES string of the molecule is N#Cc1ccccc1OCC(=O)N[C@H]1CCCc2[nH]c(=O)ccc21. The number of benzene rings is 1. The molecule has 1 heterocycles. The number of hydrogen-bond acceptors (Lipinski definition) is 4. The van der Waals surface area contributed by atoms with Crippen molar-refractivity contribution in [2.75, 3.05) is 6.61 Å². The maximum Gasteiger partial charge on any atom is 0.258 e. The van der Waals surface area contributed by atoms with Gasteiger partial charge in [-0.05, 0) is 43.0 Å². The first kappa shape index (κ1) is 15.8. The molecule has 6 heteroatoms. The smallest absolute Gasteiger partial charge is 0.258 e. The van der Waals surface area contributed by atoms with E-state index in [1.807, 2.05) is 6.07 Å². The number of pyridine rings is 1. The van der Waals surface area contributed by atoms with Crippen LogP contribution in [0.2, 0.25) is 0 Å². The van der Waals surface area contributed by atoms with Crippen molar-refractivity contribution in [2.24, 2.45) is 0 Å². The van der Waals surface area contributed by atoms with E-state index in [0.29, 0.717) is 11.3 Å². The van der Waals surface area contributed by atoms with Crippen LogP contribution in [0.5, 0.6) is 5.75 Å². The number of amides is 1. The fourth-order valence-corrected chi connectivity index (χ4v) is 2.91. The van der Waals surface area contributed by atoms with E-state index < -0.39 is 0 Å². The molecule has 1 aromatic carbocycles. The van der Waals surface area contributed by atoms with Gasteiger partial charge in [0, 0.05) is 11.8 Å². The van der Waals surface area contributed by atoms with Crippen LogP contribution in [-0.4, -0.2) is 17.5 Å². The number of aromatic nitrogens is 1. The third-order valence-corrected chi connectivity index (χ3v) is 4.03. The lowest BCUT2D eigenvalue weighted by molar-refractivity contribution is -0.124. The summed E-state index contributed by atoms with van der Waals surface area (Å²) < 4.78 is 5.45. The molecule has 0 radical (unpaired) electrons. The van der Waals surface area contributed by atoms with E-state index in [-0.39, 0.29) is 24.1 Å². The summed E-state index contributed by atoms with van der Waals surface area (Å²) in [4.78, 5) is 26.4. The molecule has 0 unspecified atom stereocenters. The predicted molar refractivity (Wildman–Crippen MR) is 87.5 cm³/mol. The number of H-pyrrole nitrogens is 1. The molecule has 0 aliphatic heterocycles. The van der Waals surface area contributed by atoms with Gasteiger partial charge in [0.15, 0.2) is 6.61 Å². The normalized spacial score (nSPS) is 15.9. The first-order chi connectivity index (χ1) is 11.7. The van der Waals surface area contributed by atoms with Crippen molar-refractivity contribution < 1.29 is 9.53 Å². The minimum Gasteiger partial charge on any atom is -0.482 e. The average molecular weight is 323 g/mol. The second kappa shape index (κ2) is 7.01. The molecule has 0 bridgehead atoms. The van der Waals surface area contributed by atoms with Crippen LogP contribution in [0.15, 0.2) is 41.2 Å². The Morgan fingerprint density at radius 2 is 2.17 bits per heavy atom. The number of aromatic amines is 1. The van der Waals surface area contributed by atoms with E-state index in [2.05, 4.69) is 10.3 Å². The lowest BCUT2D eigenvalue weighted by atomic mass is 9.91. The molecule has 2 N–H and O–H groups in total. The molecule has 1 amide bonds. The Morgan fingerprint density at radius 3 is 3.00 bits per heavy atom. The molecule has 122 valence electrons. The molecule has 0 saturated carbocycles. The molecule has 3 rings (SSSR count). The van der Waals surface area contributed by atoms with Crippen LogP contribution in [0.3, 0.4) is 0 Å². The lowest BCUT2D eigenvalue weighted by Crippen LogP contribution is -2.35. The minimum absolute atomic E-state index is 0.128. The first-order valence-electron chi connectivity index (χ1n) is 7.81. The fraction of sp³-hybridized carbons (Fsp3) is 0.278. The van der Waals surface area contributed by atoms with Crippen LogP contribution in [0.4, 0.5) is 0 Å². The average Bonchev–Trinajstić information content (AvgIpc) is 2.60. The largest absolute Gasteiger partial charge is 0.482 e. The van der Waals surface area contributed by atoms with Gasteiger partial charge < -0.3 is 15.0 Å². The van der Waals surface area contributed by atoms with E-state index >= 15 is 0 Å². The monoisotopic (exact) mass is 323 g/mol. The van der Waals surface area contributed by atoms with E-state index in [9.17, 15) is 9.59 Å². The van der Waals surface area contributed by atoms with Crippen LogP contribution in [0, 0.1) is 11.3 Å². The zero-order chi connectivity index (χ0) is 16.9. The Bertz CT molecular complexity index is 851. The van der Waals surface area contributed by atoms with Crippen molar-refractivity contribution >= 4 is 5.91 Å². The number of nitrogens with zero attached hydrogens (tertiary/aromatic N) is 1. The summed E-state index contributed by atoms with van der Waals surface area (Å²) in [5.41, 5.74) is 2.10. The van der Waals surface area contributed by atoms with Crippen LogP contribution < -0.4 is 15.6 Å². The van der Waals surface area contributed by atoms with Gasteiger partial charge >= 0.3 is 0 Å². The Labute approximate surface area is 139 Å². The lowest BCUT2D eigenvalue weighted by Gasteiger charge is -2.25. The second-order valence-corrected chi connectivity index (χ2v) is 5.67. The summed E-state index contributed by atoms with van der Waals surface area (Å²) in [7, 11) is 0. The Hall–Kier alpha value is -3.07. The molecular formula is C18H17N3O3. The van der Waals surface area contributed by atoms with Gasteiger partial charge in [-0.15, -0.1) is 0 Å². The number of carbonyl (C=O) groups excluding carboxylic acids is 1. The third kappa shape index (κ3) is 3.46. The summed E-state index contributed by atoms with van der Waals surface area (Å²) in [5.74, 6) is 0.135. The summed E-state index contributed by atoms with van der Waals surface area (Å²) in [6.07, 6.45) is 2.53. The molecule has 1 aliphatic carbocycles. The Morgan fingerprint density at radius 1 is 1.33 bits per heavy atom. The number of nitrogens with one attached hydrogen (secondary N) is 2.